The number of amides is 1. The number of carbonyl (C=O) groups excluding carboxylic acids is 1. The molecule has 0 spiro atoms. The van der Waals surface area contributed by atoms with Crippen molar-refractivity contribution < 1.29 is 9.21 Å². The molecule has 0 saturated heterocycles. The third-order valence-electron chi connectivity index (χ3n) is 2.12. The molecule has 5 heteroatoms. The summed E-state index contributed by atoms with van der Waals surface area (Å²) >= 11 is 0. The van der Waals surface area contributed by atoms with E-state index in [1.807, 2.05) is 6.92 Å². The molecule has 0 fully saturated rings. The highest BCUT2D eigenvalue weighted by atomic mass is 16.4. The number of nitrogens with two attached hydrogens (primary N) is 1. The van der Waals surface area contributed by atoms with Gasteiger partial charge in [0.15, 0.2) is 0 Å². The standard InChI is InChI=1S/C11H17N3O2/c1-3-5-9(12)11(15)14-7-10-13-6-8(4-2)16-10/h3,6,9H,1,4-5,7,12H2,2H3,(H,14,15). The molecule has 0 bridgehead atoms. The van der Waals surface area contributed by atoms with Gasteiger partial charge in [-0.05, 0) is 6.42 Å². The van der Waals surface area contributed by atoms with E-state index in [0.29, 0.717) is 12.3 Å². The van der Waals surface area contributed by atoms with E-state index in [1.54, 1.807) is 12.3 Å². The van der Waals surface area contributed by atoms with Gasteiger partial charge in [0.05, 0.1) is 18.8 Å². The van der Waals surface area contributed by atoms with Gasteiger partial charge in [-0.2, -0.15) is 0 Å². The van der Waals surface area contributed by atoms with E-state index in [4.69, 9.17) is 10.2 Å². The first-order valence-electron chi connectivity index (χ1n) is 5.25. The Kier molecular flexibility index (Phi) is 4.72. The van der Waals surface area contributed by atoms with Crippen LogP contribution < -0.4 is 11.1 Å². The number of nitrogens with one attached hydrogen (secondary N) is 1. The lowest BCUT2D eigenvalue weighted by Crippen LogP contribution is -2.39. The molecule has 0 aliphatic carbocycles. The average Bonchev–Trinajstić information content (AvgIpc) is 2.74. The van der Waals surface area contributed by atoms with E-state index in [-0.39, 0.29) is 12.5 Å². The van der Waals surface area contributed by atoms with E-state index in [1.165, 1.54) is 0 Å². The Morgan fingerprint density at radius 1 is 1.81 bits per heavy atom. The van der Waals surface area contributed by atoms with Gasteiger partial charge in [0.25, 0.3) is 0 Å². The lowest BCUT2D eigenvalue weighted by Gasteiger charge is -2.08. The topological polar surface area (TPSA) is 81.2 Å². The molecule has 0 saturated carbocycles. The molecule has 3 N–H and O–H groups in total. The number of aromatic nitrogens is 1. The van der Waals surface area contributed by atoms with Crippen molar-refractivity contribution in [2.24, 2.45) is 5.73 Å². The summed E-state index contributed by atoms with van der Waals surface area (Å²) in [6.07, 6.45) is 4.52. The summed E-state index contributed by atoms with van der Waals surface area (Å²) in [5.41, 5.74) is 5.59. The van der Waals surface area contributed by atoms with Crippen LogP contribution in [-0.4, -0.2) is 16.9 Å². The molecule has 0 aliphatic rings. The summed E-state index contributed by atoms with van der Waals surface area (Å²) in [5, 5.41) is 2.65. The van der Waals surface area contributed by atoms with Crippen LogP contribution in [0.5, 0.6) is 0 Å². The first-order chi connectivity index (χ1) is 7.67. The largest absolute Gasteiger partial charge is 0.444 e. The molecule has 1 aromatic heterocycles. The Morgan fingerprint density at radius 2 is 2.56 bits per heavy atom. The van der Waals surface area contributed by atoms with Gasteiger partial charge in [-0.15, -0.1) is 6.58 Å². The molecular formula is C11H17N3O2. The van der Waals surface area contributed by atoms with Gasteiger partial charge in [0.2, 0.25) is 11.8 Å². The van der Waals surface area contributed by atoms with Crippen molar-refractivity contribution in [1.29, 1.82) is 0 Å². The second kappa shape index (κ2) is 6.07. The van der Waals surface area contributed by atoms with Crippen molar-refractivity contribution in [1.82, 2.24) is 10.3 Å². The monoisotopic (exact) mass is 223 g/mol. The van der Waals surface area contributed by atoms with Crippen LogP contribution in [0.4, 0.5) is 0 Å². The number of carbonyl (C=O) groups is 1. The maximum Gasteiger partial charge on any atom is 0.237 e. The second-order valence-corrected chi connectivity index (χ2v) is 3.42. The van der Waals surface area contributed by atoms with E-state index < -0.39 is 6.04 Å². The molecule has 5 nitrogen and oxygen atoms in total. The Hall–Kier alpha value is -1.62. The summed E-state index contributed by atoms with van der Waals surface area (Å²) in [7, 11) is 0. The van der Waals surface area contributed by atoms with Gasteiger partial charge in [-0.25, -0.2) is 4.98 Å². The number of nitrogens with zero attached hydrogens (tertiary/aromatic N) is 1. The maximum absolute atomic E-state index is 11.4. The van der Waals surface area contributed by atoms with E-state index in [0.717, 1.165) is 12.2 Å². The summed E-state index contributed by atoms with van der Waals surface area (Å²) in [6, 6.07) is -0.557. The van der Waals surface area contributed by atoms with E-state index >= 15 is 0 Å². The SMILES string of the molecule is C=CCC(N)C(=O)NCc1ncc(CC)o1. The number of hydrogen-bond donors (Lipinski definition) is 2. The van der Waals surface area contributed by atoms with Crippen molar-refractivity contribution in [3.8, 4) is 0 Å². The van der Waals surface area contributed by atoms with Gasteiger partial charge in [0, 0.05) is 6.42 Å². The van der Waals surface area contributed by atoms with Crippen molar-refractivity contribution in [3.05, 3.63) is 30.5 Å². The molecular weight excluding hydrogens is 206 g/mol. The van der Waals surface area contributed by atoms with Crippen molar-refractivity contribution in [3.63, 3.8) is 0 Å². The summed E-state index contributed by atoms with van der Waals surface area (Å²) in [4.78, 5) is 15.5. The van der Waals surface area contributed by atoms with Crippen LogP contribution in [0.2, 0.25) is 0 Å². The van der Waals surface area contributed by atoms with Gasteiger partial charge >= 0.3 is 0 Å². The minimum atomic E-state index is -0.557. The Morgan fingerprint density at radius 3 is 3.12 bits per heavy atom. The zero-order valence-electron chi connectivity index (χ0n) is 9.40. The van der Waals surface area contributed by atoms with Crippen molar-refractivity contribution in [2.45, 2.75) is 32.4 Å². The molecule has 1 aromatic rings. The van der Waals surface area contributed by atoms with Crippen LogP contribution in [0.25, 0.3) is 0 Å². The van der Waals surface area contributed by atoms with Gasteiger partial charge in [-0.3, -0.25) is 4.79 Å². The predicted octanol–water partition coefficient (Wildman–Crippen LogP) is 0.757. The Bertz CT molecular complexity index is 360. The fourth-order valence-electron chi connectivity index (χ4n) is 1.17. The predicted molar refractivity (Wildman–Crippen MR) is 60.5 cm³/mol. The zero-order valence-corrected chi connectivity index (χ0v) is 9.40. The smallest absolute Gasteiger partial charge is 0.237 e. The highest BCUT2D eigenvalue weighted by molar-refractivity contribution is 5.81. The first kappa shape index (κ1) is 12.4. The van der Waals surface area contributed by atoms with E-state index in [9.17, 15) is 4.79 Å². The van der Waals surface area contributed by atoms with Crippen LogP contribution in [0.1, 0.15) is 25.0 Å². The first-order valence-corrected chi connectivity index (χ1v) is 5.25. The third-order valence-corrected chi connectivity index (χ3v) is 2.12. The average molecular weight is 223 g/mol. The summed E-state index contributed by atoms with van der Waals surface area (Å²) in [6.45, 7) is 5.77. The van der Waals surface area contributed by atoms with Crippen LogP contribution in [0.15, 0.2) is 23.3 Å². The van der Waals surface area contributed by atoms with Crippen LogP contribution in [-0.2, 0) is 17.8 Å². The number of hydrogen-bond acceptors (Lipinski definition) is 4. The maximum atomic E-state index is 11.4. The highest BCUT2D eigenvalue weighted by Crippen LogP contribution is 2.03. The molecule has 1 heterocycles. The molecule has 0 aliphatic heterocycles. The number of rotatable bonds is 6. The molecule has 1 rings (SSSR count). The molecule has 88 valence electrons. The van der Waals surface area contributed by atoms with Crippen molar-refractivity contribution >= 4 is 5.91 Å². The van der Waals surface area contributed by atoms with Crippen molar-refractivity contribution in [2.75, 3.05) is 0 Å². The van der Waals surface area contributed by atoms with Gasteiger partial charge in [0.1, 0.15) is 5.76 Å². The minimum Gasteiger partial charge on any atom is -0.444 e. The van der Waals surface area contributed by atoms with Gasteiger partial charge < -0.3 is 15.5 Å². The molecule has 1 atom stereocenters. The molecule has 0 aromatic carbocycles. The van der Waals surface area contributed by atoms with E-state index in [2.05, 4.69) is 16.9 Å². The molecule has 16 heavy (non-hydrogen) atoms. The lowest BCUT2D eigenvalue weighted by atomic mass is 10.2. The third kappa shape index (κ3) is 3.51. The van der Waals surface area contributed by atoms with Crippen LogP contribution >= 0.6 is 0 Å². The molecule has 0 radical (unpaired) electrons. The minimum absolute atomic E-state index is 0.226. The lowest BCUT2D eigenvalue weighted by molar-refractivity contribution is -0.122. The molecule has 1 amide bonds. The number of aryl methyl sites for hydroxylation is 1. The zero-order chi connectivity index (χ0) is 12.0. The summed E-state index contributed by atoms with van der Waals surface area (Å²) in [5.74, 6) is 1.08. The summed E-state index contributed by atoms with van der Waals surface area (Å²) < 4.78 is 5.34. The highest BCUT2D eigenvalue weighted by Gasteiger charge is 2.12. The Balaban J connectivity index is 2.39. The fourth-order valence-corrected chi connectivity index (χ4v) is 1.17. The van der Waals surface area contributed by atoms with Crippen LogP contribution in [0, 0.1) is 0 Å². The van der Waals surface area contributed by atoms with Gasteiger partial charge in [-0.1, -0.05) is 13.0 Å². The number of oxazole rings is 1. The normalized spacial score (nSPS) is 12.1. The van der Waals surface area contributed by atoms with Crippen LogP contribution in [0.3, 0.4) is 0 Å². The molecule has 1 unspecified atom stereocenters. The second-order valence-electron chi connectivity index (χ2n) is 3.42. The Labute approximate surface area is 94.7 Å². The fraction of sp³-hybridized carbons (Fsp3) is 0.455. The quantitative estimate of drug-likeness (QED) is 0.697.